The number of carbonyl (C=O) groups excluding carboxylic acids is 1. The number of carbonyl (C=O) groups is 1. The molecule has 4 rings (SSSR count). The van der Waals surface area contributed by atoms with Gasteiger partial charge in [0, 0.05) is 12.4 Å². The van der Waals surface area contributed by atoms with E-state index in [9.17, 15) is 4.79 Å². The van der Waals surface area contributed by atoms with Crippen LogP contribution in [0.5, 0.6) is 11.5 Å². The van der Waals surface area contributed by atoms with Crippen molar-refractivity contribution in [3.8, 4) is 11.5 Å². The van der Waals surface area contributed by atoms with Crippen LogP contribution < -0.4 is 14.8 Å². The Balaban J connectivity index is 1.34. The molecule has 32 heavy (non-hydrogen) atoms. The molecule has 0 atom stereocenters. The van der Waals surface area contributed by atoms with Crippen LogP contribution in [-0.2, 0) is 13.3 Å². The van der Waals surface area contributed by atoms with E-state index in [2.05, 4.69) is 21.6 Å². The van der Waals surface area contributed by atoms with E-state index >= 15 is 0 Å². The van der Waals surface area contributed by atoms with Gasteiger partial charge in [0.25, 0.3) is 5.91 Å². The summed E-state index contributed by atoms with van der Waals surface area (Å²) >= 11 is 0. The van der Waals surface area contributed by atoms with E-state index in [1.807, 2.05) is 50.2 Å². The maximum atomic E-state index is 12.6. The molecule has 2 aromatic heterocycles. The molecule has 8 heteroatoms. The summed E-state index contributed by atoms with van der Waals surface area (Å²) in [6.45, 7) is 4.83. The van der Waals surface area contributed by atoms with Gasteiger partial charge in [-0.05, 0) is 60.9 Å². The molecule has 2 heterocycles. The van der Waals surface area contributed by atoms with Crippen molar-refractivity contribution in [2.24, 2.45) is 0 Å². The Hall–Kier alpha value is -4.07. The lowest BCUT2D eigenvalue weighted by Gasteiger charge is -2.08. The topological polar surface area (TPSA) is 83.2 Å². The van der Waals surface area contributed by atoms with E-state index < -0.39 is 0 Å². The fraction of sp³-hybridized carbons (Fsp3) is 0.208. The van der Waals surface area contributed by atoms with Gasteiger partial charge in [-0.2, -0.15) is 10.2 Å². The first-order valence-corrected chi connectivity index (χ1v) is 10.2. The summed E-state index contributed by atoms with van der Waals surface area (Å²) in [4.78, 5) is 12.6. The zero-order valence-corrected chi connectivity index (χ0v) is 18.3. The number of amides is 1. The van der Waals surface area contributed by atoms with Crippen LogP contribution in [-0.4, -0.2) is 32.6 Å². The van der Waals surface area contributed by atoms with E-state index in [1.54, 1.807) is 41.1 Å². The molecule has 0 fully saturated rings. The van der Waals surface area contributed by atoms with Crippen molar-refractivity contribution in [2.45, 2.75) is 27.1 Å². The van der Waals surface area contributed by atoms with Crippen LogP contribution in [0.3, 0.4) is 0 Å². The molecule has 4 aromatic rings. The maximum Gasteiger partial charge on any atom is 0.276 e. The number of aromatic nitrogens is 4. The molecular formula is C24H25N5O3. The summed E-state index contributed by atoms with van der Waals surface area (Å²) in [6, 6.07) is 15.4. The van der Waals surface area contributed by atoms with Crippen molar-refractivity contribution in [3.63, 3.8) is 0 Å². The van der Waals surface area contributed by atoms with Crippen molar-refractivity contribution in [1.29, 1.82) is 0 Å². The summed E-state index contributed by atoms with van der Waals surface area (Å²) in [5, 5.41) is 11.4. The monoisotopic (exact) mass is 431 g/mol. The number of aryl methyl sites for hydroxylation is 2. The first kappa shape index (κ1) is 21.2. The molecule has 1 amide bonds. The van der Waals surface area contributed by atoms with Crippen molar-refractivity contribution < 1.29 is 14.3 Å². The average molecular weight is 431 g/mol. The molecule has 164 valence electrons. The Morgan fingerprint density at radius 2 is 1.84 bits per heavy atom. The van der Waals surface area contributed by atoms with Crippen LogP contribution in [0, 0.1) is 13.8 Å². The van der Waals surface area contributed by atoms with Crippen molar-refractivity contribution >= 4 is 11.6 Å². The van der Waals surface area contributed by atoms with Gasteiger partial charge in [-0.1, -0.05) is 18.2 Å². The predicted octanol–water partition coefficient (Wildman–Crippen LogP) is 4.04. The molecule has 0 radical (unpaired) electrons. The number of anilines is 1. The van der Waals surface area contributed by atoms with Gasteiger partial charge in [-0.3, -0.25) is 9.48 Å². The molecule has 0 unspecified atom stereocenters. The second kappa shape index (κ2) is 9.38. The quantitative estimate of drug-likeness (QED) is 0.455. The minimum absolute atomic E-state index is 0.217. The fourth-order valence-electron chi connectivity index (χ4n) is 3.38. The highest BCUT2D eigenvalue weighted by Gasteiger charge is 2.12. The summed E-state index contributed by atoms with van der Waals surface area (Å²) in [5.74, 6) is 1.25. The van der Waals surface area contributed by atoms with Gasteiger partial charge < -0.3 is 14.8 Å². The van der Waals surface area contributed by atoms with Crippen molar-refractivity contribution in [3.05, 3.63) is 89.5 Å². The maximum absolute atomic E-state index is 12.6. The third-order valence-electron chi connectivity index (χ3n) is 4.80. The zero-order valence-electron chi connectivity index (χ0n) is 18.3. The first-order valence-electron chi connectivity index (χ1n) is 10.2. The van der Waals surface area contributed by atoms with Crippen LogP contribution in [0.2, 0.25) is 0 Å². The standard InChI is InChI=1S/C24H25N5O3/c1-17-9-18(2)11-22(10-17)32-16-28-8-7-23(27-28)24(30)26-20-13-25-29(15-20)14-19-5-4-6-21(12-19)31-3/h4-13,15H,14,16H2,1-3H3,(H,26,30). The summed E-state index contributed by atoms with van der Waals surface area (Å²) < 4.78 is 14.4. The lowest BCUT2D eigenvalue weighted by atomic mass is 10.1. The lowest BCUT2D eigenvalue weighted by Crippen LogP contribution is -2.14. The normalized spacial score (nSPS) is 10.7. The molecule has 0 aliphatic heterocycles. The minimum atomic E-state index is -0.309. The third-order valence-corrected chi connectivity index (χ3v) is 4.80. The molecule has 2 aromatic carbocycles. The molecule has 8 nitrogen and oxygen atoms in total. The number of rotatable bonds is 8. The molecule has 0 bridgehead atoms. The van der Waals surface area contributed by atoms with Crippen LogP contribution in [0.15, 0.2) is 67.1 Å². The third kappa shape index (κ3) is 5.34. The number of methoxy groups -OCH3 is 1. The van der Waals surface area contributed by atoms with Gasteiger partial charge in [-0.15, -0.1) is 0 Å². The highest BCUT2D eigenvalue weighted by molar-refractivity contribution is 6.02. The highest BCUT2D eigenvalue weighted by atomic mass is 16.5. The van der Waals surface area contributed by atoms with Crippen LogP contribution in [0.1, 0.15) is 27.2 Å². The molecule has 1 N–H and O–H groups in total. The van der Waals surface area contributed by atoms with Gasteiger partial charge >= 0.3 is 0 Å². The van der Waals surface area contributed by atoms with E-state index in [1.165, 1.54) is 0 Å². The summed E-state index contributed by atoms with van der Waals surface area (Å²) in [5.41, 5.74) is 4.21. The van der Waals surface area contributed by atoms with Crippen LogP contribution >= 0.6 is 0 Å². The fourth-order valence-corrected chi connectivity index (χ4v) is 3.38. The van der Waals surface area contributed by atoms with Crippen LogP contribution in [0.25, 0.3) is 0 Å². The summed E-state index contributed by atoms with van der Waals surface area (Å²) in [7, 11) is 1.64. The Kier molecular flexibility index (Phi) is 6.21. The van der Waals surface area contributed by atoms with E-state index in [0.717, 1.165) is 28.2 Å². The molecule has 0 aliphatic carbocycles. The summed E-state index contributed by atoms with van der Waals surface area (Å²) in [6.07, 6.45) is 5.10. The number of nitrogens with one attached hydrogen (secondary N) is 1. The molecule has 0 saturated carbocycles. The Bertz CT molecular complexity index is 1210. The SMILES string of the molecule is COc1cccc(Cn2cc(NC(=O)c3ccn(COc4cc(C)cc(C)c4)n3)cn2)c1. The Morgan fingerprint density at radius 1 is 1.03 bits per heavy atom. The first-order chi connectivity index (χ1) is 15.5. The molecular weight excluding hydrogens is 406 g/mol. The van der Waals surface area contributed by atoms with E-state index in [4.69, 9.17) is 9.47 Å². The van der Waals surface area contributed by atoms with Gasteiger partial charge in [0.2, 0.25) is 0 Å². The van der Waals surface area contributed by atoms with Crippen molar-refractivity contribution in [1.82, 2.24) is 19.6 Å². The van der Waals surface area contributed by atoms with Crippen molar-refractivity contribution in [2.75, 3.05) is 12.4 Å². The molecule has 0 saturated heterocycles. The van der Waals surface area contributed by atoms with Gasteiger partial charge in [-0.25, -0.2) is 4.68 Å². The highest BCUT2D eigenvalue weighted by Crippen LogP contribution is 2.17. The number of benzene rings is 2. The predicted molar refractivity (Wildman–Crippen MR) is 121 cm³/mol. The van der Waals surface area contributed by atoms with E-state index in [-0.39, 0.29) is 12.6 Å². The number of nitrogens with zero attached hydrogens (tertiary/aromatic N) is 4. The Labute approximate surface area is 186 Å². The largest absolute Gasteiger partial charge is 0.497 e. The smallest absolute Gasteiger partial charge is 0.276 e. The molecule has 0 spiro atoms. The molecule has 0 aliphatic rings. The minimum Gasteiger partial charge on any atom is -0.497 e. The number of hydrogen-bond acceptors (Lipinski definition) is 5. The van der Waals surface area contributed by atoms with Gasteiger partial charge in [0.1, 0.15) is 11.5 Å². The van der Waals surface area contributed by atoms with Gasteiger partial charge in [0.05, 0.1) is 25.5 Å². The zero-order chi connectivity index (χ0) is 22.5. The number of hydrogen-bond donors (Lipinski definition) is 1. The number of ether oxygens (including phenoxy) is 2. The average Bonchev–Trinajstić information content (AvgIpc) is 3.41. The van der Waals surface area contributed by atoms with E-state index in [0.29, 0.717) is 17.9 Å². The van der Waals surface area contributed by atoms with Crippen LogP contribution in [0.4, 0.5) is 5.69 Å². The second-order valence-electron chi connectivity index (χ2n) is 7.57. The second-order valence-corrected chi connectivity index (χ2v) is 7.57. The lowest BCUT2D eigenvalue weighted by molar-refractivity contribution is 0.102. The van der Waals surface area contributed by atoms with Gasteiger partial charge in [0.15, 0.2) is 12.4 Å². The Morgan fingerprint density at radius 3 is 2.62 bits per heavy atom.